The van der Waals surface area contributed by atoms with Gasteiger partial charge in [-0.25, -0.2) is 0 Å². The number of carbonyl (C=O) groups is 3. The molecule has 17 heavy (non-hydrogen) atoms. The SMILES string of the molecule is COC(=O)[C@@H](N)CSC(=O)[C@@H](N)CCC(=O)O. The Bertz CT molecular complexity index is 297. The molecular formula is C9H16N2O5S. The minimum Gasteiger partial charge on any atom is -0.481 e. The van der Waals surface area contributed by atoms with E-state index in [-0.39, 0.29) is 23.7 Å². The molecule has 7 nitrogen and oxygen atoms in total. The number of aliphatic carboxylic acids is 1. The summed E-state index contributed by atoms with van der Waals surface area (Å²) in [7, 11) is 1.20. The first kappa shape index (κ1) is 15.9. The molecule has 0 aliphatic carbocycles. The highest BCUT2D eigenvalue weighted by molar-refractivity contribution is 8.13. The van der Waals surface area contributed by atoms with Gasteiger partial charge in [0.1, 0.15) is 6.04 Å². The number of hydrogen-bond donors (Lipinski definition) is 3. The van der Waals surface area contributed by atoms with Gasteiger partial charge in [-0.05, 0) is 6.42 Å². The second kappa shape index (κ2) is 8.04. The van der Waals surface area contributed by atoms with Crippen LogP contribution in [0.1, 0.15) is 12.8 Å². The van der Waals surface area contributed by atoms with Crippen molar-refractivity contribution >= 4 is 28.8 Å². The van der Waals surface area contributed by atoms with Gasteiger partial charge in [-0.2, -0.15) is 0 Å². The van der Waals surface area contributed by atoms with Crippen LogP contribution in [0.4, 0.5) is 0 Å². The van der Waals surface area contributed by atoms with E-state index >= 15 is 0 Å². The molecule has 2 atom stereocenters. The molecule has 0 aliphatic rings. The molecule has 0 spiro atoms. The lowest BCUT2D eigenvalue weighted by Gasteiger charge is -2.11. The molecule has 0 fully saturated rings. The van der Waals surface area contributed by atoms with E-state index in [2.05, 4.69) is 4.74 Å². The summed E-state index contributed by atoms with van der Waals surface area (Å²) < 4.78 is 4.39. The first-order chi connectivity index (χ1) is 7.88. The molecular weight excluding hydrogens is 248 g/mol. The monoisotopic (exact) mass is 264 g/mol. The Morgan fingerprint density at radius 2 is 1.88 bits per heavy atom. The highest BCUT2D eigenvalue weighted by Gasteiger charge is 2.20. The number of methoxy groups -OCH3 is 1. The molecule has 98 valence electrons. The zero-order chi connectivity index (χ0) is 13.4. The third-order valence-electron chi connectivity index (χ3n) is 1.88. The second-order valence-electron chi connectivity index (χ2n) is 3.30. The Labute approximate surface area is 103 Å². The summed E-state index contributed by atoms with van der Waals surface area (Å²) in [5.74, 6) is -1.55. The number of thioether (sulfide) groups is 1. The van der Waals surface area contributed by atoms with Gasteiger partial charge >= 0.3 is 11.9 Å². The maximum atomic E-state index is 11.4. The highest BCUT2D eigenvalue weighted by atomic mass is 32.2. The molecule has 0 unspecified atom stereocenters. The molecule has 5 N–H and O–H groups in total. The van der Waals surface area contributed by atoms with Crippen molar-refractivity contribution in [2.24, 2.45) is 11.5 Å². The normalized spacial score (nSPS) is 13.8. The van der Waals surface area contributed by atoms with Crippen molar-refractivity contribution in [3.8, 4) is 0 Å². The van der Waals surface area contributed by atoms with E-state index in [0.29, 0.717) is 0 Å². The predicted octanol–water partition coefficient (Wildman–Crippen LogP) is -1.06. The number of esters is 1. The van der Waals surface area contributed by atoms with E-state index in [1.165, 1.54) is 7.11 Å². The van der Waals surface area contributed by atoms with Crippen LogP contribution in [0.5, 0.6) is 0 Å². The minimum atomic E-state index is -1.01. The number of carboxylic acid groups (broad SMARTS) is 1. The van der Waals surface area contributed by atoms with Crippen molar-refractivity contribution in [3.63, 3.8) is 0 Å². The molecule has 0 saturated carbocycles. The molecule has 0 aromatic carbocycles. The fraction of sp³-hybridized carbons (Fsp3) is 0.667. The average Bonchev–Trinajstić information content (AvgIpc) is 2.31. The summed E-state index contributed by atoms with van der Waals surface area (Å²) in [4.78, 5) is 32.6. The average molecular weight is 264 g/mol. The van der Waals surface area contributed by atoms with Crippen LogP contribution in [0.15, 0.2) is 0 Å². The molecule has 0 aromatic rings. The molecule has 0 aliphatic heterocycles. The van der Waals surface area contributed by atoms with Crippen LogP contribution < -0.4 is 11.5 Å². The summed E-state index contributed by atoms with van der Waals surface area (Å²) in [6, 6.07) is -1.75. The van der Waals surface area contributed by atoms with E-state index in [1.807, 2.05) is 0 Å². The van der Waals surface area contributed by atoms with Crippen LogP contribution in [-0.4, -0.2) is 47.1 Å². The van der Waals surface area contributed by atoms with Gasteiger partial charge in [0.2, 0.25) is 5.12 Å². The molecule has 0 saturated heterocycles. The van der Waals surface area contributed by atoms with Crippen LogP contribution in [-0.2, 0) is 19.1 Å². The van der Waals surface area contributed by atoms with Crippen LogP contribution >= 0.6 is 11.8 Å². The largest absolute Gasteiger partial charge is 0.481 e. The minimum absolute atomic E-state index is 0.0618. The topological polar surface area (TPSA) is 133 Å². The summed E-state index contributed by atoms with van der Waals surface area (Å²) in [6.07, 6.45) is -0.106. The van der Waals surface area contributed by atoms with Gasteiger partial charge in [0, 0.05) is 12.2 Å². The third kappa shape index (κ3) is 6.93. The van der Waals surface area contributed by atoms with Crippen molar-refractivity contribution in [1.82, 2.24) is 0 Å². The van der Waals surface area contributed by atoms with E-state index in [4.69, 9.17) is 16.6 Å². The van der Waals surface area contributed by atoms with Crippen LogP contribution in [0.2, 0.25) is 0 Å². The summed E-state index contributed by atoms with van der Waals surface area (Å²) in [5.41, 5.74) is 10.9. The molecule has 0 heterocycles. The Hall–Kier alpha value is -1.12. The first-order valence-corrected chi connectivity index (χ1v) is 5.84. The lowest BCUT2D eigenvalue weighted by atomic mass is 10.2. The van der Waals surface area contributed by atoms with Crippen molar-refractivity contribution in [1.29, 1.82) is 0 Å². The smallest absolute Gasteiger partial charge is 0.323 e. The number of ether oxygens (including phenoxy) is 1. The zero-order valence-electron chi connectivity index (χ0n) is 9.42. The van der Waals surface area contributed by atoms with Crippen molar-refractivity contribution < 1.29 is 24.2 Å². The Balaban J connectivity index is 3.92. The second-order valence-corrected chi connectivity index (χ2v) is 4.32. The van der Waals surface area contributed by atoms with Crippen molar-refractivity contribution in [2.75, 3.05) is 12.9 Å². The van der Waals surface area contributed by atoms with Gasteiger partial charge in [-0.15, -0.1) is 0 Å². The Morgan fingerprint density at radius 1 is 1.29 bits per heavy atom. The molecule has 0 bridgehead atoms. The summed E-state index contributed by atoms with van der Waals surface area (Å²) >= 11 is 0.805. The fourth-order valence-electron chi connectivity index (χ4n) is 0.895. The molecule has 8 heteroatoms. The standard InChI is InChI=1S/C9H16N2O5S/c1-16-8(14)6(11)4-17-9(15)5(10)2-3-7(12)13/h5-6H,2-4,10-11H2,1H3,(H,12,13)/t5-,6-/m0/s1. The van der Waals surface area contributed by atoms with E-state index in [1.54, 1.807) is 0 Å². The van der Waals surface area contributed by atoms with Crippen molar-refractivity contribution in [2.45, 2.75) is 24.9 Å². The predicted molar refractivity (Wildman–Crippen MR) is 62.3 cm³/mol. The number of nitrogens with two attached hydrogens (primary N) is 2. The number of carboxylic acids is 1. The van der Waals surface area contributed by atoms with Crippen LogP contribution in [0.25, 0.3) is 0 Å². The highest BCUT2D eigenvalue weighted by Crippen LogP contribution is 2.10. The number of hydrogen-bond acceptors (Lipinski definition) is 7. The zero-order valence-corrected chi connectivity index (χ0v) is 10.2. The molecule has 0 aromatic heterocycles. The van der Waals surface area contributed by atoms with Crippen molar-refractivity contribution in [3.05, 3.63) is 0 Å². The van der Waals surface area contributed by atoms with Gasteiger partial charge in [0.25, 0.3) is 0 Å². The maximum Gasteiger partial charge on any atom is 0.323 e. The van der Waals surface area contributed by atoms with E-state index < -0.39 is 24.0 Å². The summed E-state index contributed by atoms with van der Waals surface area (Å²) in [5, 5.41) is 8.03. The summed E-state index contributed by atoms with van der Waals surface area (Å²) in [6.45, 7) is 0. The lowest BCUT2D eigenvalue weighted by Crippen LogP contribution is -2.36. The molecule has 0 rings (SSSR count). The molecule has 0 amide bonds. The fourth-order valence-corrected chi connectivity index (χ4v) is 1.71. The Morgan fingerprint density at radius 3 is 2.35 bits per heavy atom. The third-order valence-corrected chi connectivity index (χ3v) is 2.99. The molecule has 0 radical (unpaired) electrons. The van der Waals surface area contributed by atoms with E-state index in [9.17, 15) is 14.4 Å². The van der Waals surface area contributed by atoms with Gasteiger partial charge in [-0.3, -0.25) is 14.4 Å². The van der Waals surface area contributed by atoms with E-state index in [0.717, 1.165) is 11.8 Å². The number of carbonyl (C=O) groups excluding carboxylic acids is 2. The van der Waals surface area contributed by atoms with Crippen LogP contribution in [0, 0.1) is 0 Å². The maximum absolute atomic E-state index is 11.4. The Kier molecular flexibility index (Phi) is 7.51. The van der Waals surface area contributed by atoms with Gasteiger partial charge in [0.15, 0.2) is 0 Å². The van der Waals surface area contributed by atoms with Gasteiger partial charge < -0.3 is 21.3 Å². The van der Waals surface area contributed by atoms with Crippen LogP contribution in [0.3, 0.4) is 0 Å². The number of rotatable bonds is 7. The van der Waals surface area contributed by atoms with Gasteiger partial charge in [0.05, 0.1) is 13.2 Å². The lowest BCUT2D eigenvalue weighted by molar-refractivity contribution is -0.141. The first-order valence-electron chi connectivity index (χ1n) is 4.86. The van der Waals surface area contributed by atoms with Gasteiger partial charge in [-0.1, -0.05) is 11.8 Å². The quantitative estimate of drug-likeness (QED) is 0.495.